The van der Waals surface area contributed by atoms with Gasteiger partial charge in [-0.2, -0.15) is 0 Å². The van der Waals surface area contributed by atoms with E-state index in [1.54, 1.807) is 0 Å². The van der Waals surface area contributed by atoms with Crippen molar-refractivity contribution in [1.29, 1.82) is 0 Å². The molecular formula is C17H22N2. The number of benzene rings is 1. The monoisotopic (exact) mass is 254 g/mol. The minimum atomic E-state index is 0.138. The van der Waals surface area contributed by atoms with Gasteiger partial charge in [0.15, 0.2) is 0 Å². The van der Waals surface area contributed by atoms with Crippen molar-refractivity contribution in [1.82, 2.24) is 10.3 Å². The summed E-state index contributed by atoms with van der Waals surface area (Å²) in [4.78, 5) is 4.33. The van der Waals surface area contributed by atoms with E-state index < -0.39 is 0 Å². The zero-order valence-electron chi connectivity index (χ0n) is 11.7. The second kappa shape index (κ2) is 5.30. The number of hydrogen-bond donors (Lipinski definition) is 1. The van der Waals surface area contributed by atoms with Crippen molar-refractivity contribution >= 4 is 10.8 Å². The number of aromatic nitrogens is 1. The third kappa shape index (κ3) is 2.25. The summed E-state index contributed by atoms with van der Waals surface area (Å²) in [5.74, 6) is 0. The van der Waals surface area contributed by atoms with Gasteiger partial charge in [0.05, 0.1) is 0 Å². The molecule has 1 unspecified atom stereocenters. The van der Waals surface area contributed by atoms with Crippen molar-refractivity contribution in [3.63, 3.8) is 0 Å². The van der Waals surface area contributed by atoms with Crippen LogP contribution in [-0.2, 0) is 5.54 Å². The van der Waals surface area contributed by atoms with E-state index in [9.17, 15) is 0 Å². The molecule has 2 heteroatoms. The quantitative estimate of drug-likeness (QED) is 0.876. The maximum atomic E-state index is 4.33. The number of rotatable bonds is 2. The molecule has 2 nitrogen and oxygen atoms in total. The van der Waals surface area contributed by atoms with Crippen LogP contribution in [0, 0.1) is 0 Å². The first-order chi connectivity index (χ1) is 9.36. The Morgan fingerprint density at radius 2 is 2.16 bits per heavy atom. The SMILES string of the molecule is CCC1(c2cccc3ccncc23)CCCCCN1. The van der Waals surface area contributed by atoms with Crippen LogP contribution in [0.4, 0.5) is 0 Å². The Balaban J connectivity index is 2.15. The molecule has 19 heavy (non-hydrogen) atoms. The van der Waals surface area contributed by atoms with E-state index in [2.05, 4.69) is 41.5 Å². The van der Waals surface area contributed by atoms with Crippen LogP contribution in [0.15, 0.2) is 36.7 Å². The van der Waals surface area contributed by atoms with Gasteiger partial charge in [-0.3, -0.25) is 4.98 Å². The fourth-order valence-electron chi connectivity index (χ4n) is 3.40. The fourth-order valence-corrected chi connectivity index (χ4v) is 3.40. The van der Waals surface area contributed by atoms with Crippen LogP contribution >= 0.6 is 0 Å². The smallest absolute Gasteiger partial charge is 0.0438 e. The molecule has 0 spiro atoms. The summed E-state index contributed by atoms with van der Waals surface area (Å²) in [5.41, 5.74) is 1.57. The maximum Gasteiger partial charge on any atom is 0.0438 e. The molecule has 100 valence electrons. The maximum absolute atomic E-state index is 4.33. The van der Waals surface area contributed by atoms with Gasteiger partial charge in [0, 0.05) is 23.3 Å². The van der Waals surface area contributed by atoms with E-state index in [1.807, 2.05) is 12.4 Å². The predicted molar refractivity (Wildman–Crippen MR) is 80.2 cm³/mol. The average Bonchev–Trinajstić information content (AvgIpc) is 2.73. The van der Waals surface area contributed by atoms with Crippen LogP contribution in [0.3, 0.4) is 0 Å². The van der Waals surface area contributed by atoms with E-state index in [0.29, 0.717) is 0 Å². The highest BCUT2D eigenvalue weighted by molar-refractivity contribution is 5.85. The number of hydrogen-bond acceptors (Lipinski definition) is 2. The molecule has 2 heterocycles. The van der Waals surface area contributed by atoms with Gasteiger partial charge in [0.25, 0.3) is 0 Å². The Labute approximate surface area is 115 Å². The van der Waals surface area contributed by atoms with Gasteiger partial charge >= 0.3 is 0 Å². The van der Waals surface area contributed by atoms with Crippen LogP contribution in [0.2, 0.25) is 0 Å². The highest BCUT2D eigenvalue weighted by Gasteiger charge is 2.31. The van der Waals surface area contributed by atoms with E-state index >= 15 is 0 Å². The number of fused-ring (bicyclic) bond motifs is 1. The normalized spacial score (nSPS) is 24.3. The zero-order valence-corrected chi connectivity index (χ0v) is 11.7. The van der Waals surface area contributed by atoms with Crippen LogP contribution in [0.1, 0.15) is 44.6 Å². The number of nitrogens with one attached hydrogen (secondary N) is 1. The van der Waals surface area contributed by atoms with Crippen LogP contribution < -0.4 is 5.32 Å². The molecule has 0 saturated carbocycles. The van der Waals surface area contributed by atoms with Gasteiger partial charge in [-0.1, -0.05) is 38.0 Å². The van der Waals surface area contributed by atoms with Crippen molar-refractivity contribution < 1.29 is 0 Å². The molecular weight excluding hydrogens is 232 g/mol. The summed E-state index contributed by atoms with van der Waals surface area (Å²) in [7, 11) is 0. The molecule has 1 aliphatic rings. The molecule has 0 aliphatic carbocycles. The van der Waals surface area contributed by atoms with Gasteiger partial charge in [0.2, 0.25) is 0 Å². The first-order valence-corrected chi connectivity index (χ1v) is 7.44. The Bertz CT molecular complexity index is 549. The molecule has 1 fully saturated rings. The molecule has 0 bridgehead atoms. The first-order valence-electron chi connectivity index (χ1n) is 7.44. The molecule has 1 N–H and O–H groups in total. The lowest BCUT2D eigenvalue weighted by Crippen LogP contribution is -2.41. The Kier molecular flexibility index (Phi) is 3.52. The van der Waals surface area contributed by atoms with Crippen molar-refractivity contribution in [2.45, 2.75) is 44.6 Å². The highest BCUT2D eigenvalue weighted by atomic mass is 15.0. The largest absolute Gasteiger partial charge is 0.307 e. The van der Waals surface area contributed by atoms with Crippen molar-refractivity contribution in [3.05, 3.63) is 42.2 Å². The minimum absolute atomic E-state index is 0.138. The molecule has 1 atom stereocenters. The van der Waals surface area contributed by atoms with Crippen LogP contribution in [0.5, 0.6) is 0 Å². The average molecular weight is 254 g/mol. The summed E-state index contributed by atoms with van der Waals surface area (Å²) in [5, 5.41) is 6.43. The summed E-state index contributed by atoms with van der Waals surface area (Å²) >= 11 is 0. The molecule has 2 aromatic rings. The summed E-state index contributed by atoms with van der Waals surface area (Å²) in [6.45, 7) is 3.43. The second-order valence-electron chi connectivity index (χ2n) is 5.58. The fraction of sp³-hybridized carbons (Fsp3) is 0.471. The number of nitrogens with zero attached hydrogens (tertiary/aromatic N) is 1. The lowest BCUT2D eigenvalue weighted by Gasteiger charge is -2.34. The molecule has 1 aromatic heterocycles. The predicted octanol–water partition coefficient (Wildman–Crippen LogP) is 4.00. The number of pyridine rings is 1. The van der Waals surface area contributed by atoms with Gasteiger partial charge in [-0.25, -0.2) is 0 Å². The molecule has 0 radical (unpaired) electrons. The minimum Gasteiger partial charge on any atom is -0.307 e. The summed E-state index contributed by atoms with van der Waals surface area (Å²) < 4.78 is 0. The van der Waals surface area contributed by atoms with Crippen molar-refractivity contribution in [2.75, 3.05) is 6.54 Å². The van der Waals surface area contributed by atoms with Crippen molar-refractivity contribution in [3.8, 4) is 0 Å². The molecule has 1 aromatic carbocycles. The van der Waals surface area contributed by atoms with Gasteiger partial charge < -0.3 is 5.32 Å². The van der Waals surface area contributed by atoms with Gasteiger partial charge in [-0.05, 0) is 42.8 Å². The van der Waals surface area contributed by atoms with E-state index in [0.717, 1.165) is 13.0 Å². The summed E-state index contributed by atoms with van der Waals surface area (Å²) in [6.07, 6.45) is 10.2. The lowest BCUT2D eigenvalue weighted by atomic mass is 9.81. The lowest BCUT2D eigenvalue weighted by molar-refractivity contribution is 0.315. The molecule has 1 aliphatic heterocycles. The molecule has 1 saturated heterocycles. The standard InChI is InChI=1S/C17H22N2/c1-2-17(10-4-3-5-11-19-17)16-8-6-7-14-9-12-18-13-15(14)16/h6-9,12-13,19H,2-5,10-11H2,1H3. The zero-order chi connectivity index (χ0) is 13.1. The Hall–Kier alpha value is -1.41. The van der Waals surface area contributed by atoms with Crippen molar-refractivity contribution in [2.24, 2.45) is 0 Å². The van der Waals surface area contributed by atoms with Gasteiger partial charge in [0.1, 0.15) is 0 Å². The topological polar surface area (TPSA) is 24.9 Å². The summed E-state index contributed by atoms with van der Waals surface area (Å²) in [6, 6.07) is 8.76. The second-order valence-corrected chi connectivity index (χ2v) is 5.58. The first kappa shape index (κ1) is 12.6. The Morgan fingerprint density at radius 1 is 1.21 bits per heavy atom. The van der Waals surface area contributed by atoms with E-state index in [-0.39, 0.29) is 5.54 Å². The van der Waals surface area contributed by atoms with Crippen LogP contribution in [0.25, 0.3) is 10.8 Å². The van der Waals surface area contributed by atoms with E-state index in [4.69, 9.17) is 0 Å². The third-order valence-corrected chi connectivity index (χ3v) is 4.55. The Morgan fingerprint density at radius 3 is 3.05 bits per heavy atom. The van der Waals surface area contributed by atoms with E-state index in [1.165, 1.54) is 42.0 Å². The molecule has 0 amide bonds. The van der Waals surface area contributed by atoms with Crippen LogP contribution in [-0.4, -0.2) is 11.5 Å². The van der Waals surface area contributed by atoms with Gasteiger partial charge in [-0.15, -0.1) is 0 Å². The highest BCUT2D eigenvalue weighted by Crippen LogP contribution is 2.36. The molecule has 3 rings (SSSR count). The third-order valence-electron chi connectivity index (χ3n) is 4.55.